The summed E-state index contributed by atoms with van der Waals surface area (Å²) < 4.78 is 12.5. The number of nitro benzene ring substituents is 1. The van der Waals surface area contributed by atoms with E-state index >= 15 is 0 Å². The summed E-state index contributed by atoms with van der Waals surface area (Å²) in [6.45, 7) is 0.322. The maximum Gasteiger partial charge on any atom is 0.271 e. The minimum Gasteiger partial charge on any atom is -0.495 e. The summed E-state index contributed by atoms with van der Waals surface area (Å²) in [5, 5.41) is 18.0. The summed E-state index contributed by atoms with van der Waals surface area (Å²) in [5.41, 5.74) is 2.66. The van der Waals surface area contributed by atoms with Gasteiger partial charge in [0.15, 0.2) is 0 Å². The number of aromatic nitrogens is 2. The SMILES string of the molecule is COc1ccc([N+](=O)[O-])cc1NC(=O)Cn1ncc2c1-c1ccccc1OC2. The van der Waals surface area contributed by atoms with Gasteiger partial charge in [-0.05, 0) is 18.2 Å². The summed E-state index contributed by atoms with van der Waals surface area (Å²) in [5.74, 6) is 0.686. The fourth-order valence-electron chi connectivity index (χ4n) is 3.14. The number of methoxy groups -OCH3 is 1. The molecule has 0 saturated heterocycles. The van der Waals surface area contributed by atoms with E-state index < -0.39 is 4.92 Å². The fraction of sp³-hybridized carbons (Fsp3) is 0.158. The second kappa shape index (κ2) is 7.03. The fourth-order valence-corrected chi connectivity index (χ4v) is 3.14. The molecule has 0 radical (unpaired) electrons. The smallest absolute Gasteiger partial charge is 0.271 e. The Morgan fingerprint density at radius 3 is 2.96 bits per heavy atom. The number of hydrogen-bond donors (Lipinski definition) is 1. The van der Waals surface area contributed by atoms with Crippen molar-refractivity contribution in [1.82, 2.24) is 9.78 Å². The van der Waals surface area contributed by atoms with Crippen LogP contribution < -0.4 is 14.8 Å². The highest BCUT2D eigenvalue weighted by molar-refractivity contribution is 5.93. The third-order valence-corrected chi connectivity index (χ3v) is 4.40. The number of fused-ring (bicyclic) bond motifs is 3. The van der Waals surface area contributed by atoms with Crippen molar-refractivity contribution < 1.29 is 19.2 Å². The molecule has 0 spiro atoms. The zero-order valence-corrected chi connectivity index (χ0v) is 14.9. The molecule has 142 valence electrons. The topological polar surface area (TPSA) is 109 Å². The van der Waals surface area contributed by atoms with Crippen molar-refractivity contribution in [1.29, 1.82) is 0 Å². The first-order chi connectivity index (χ1) is 13.6. The third kappa shape index (κ3) is 3.13. The van der Waals surface area contributed by atoms with Crippen LogP contribution in [0.2, 0.25) is 0 Å². The van der Waals surface area contributed by atoms with E-state index in [1.54, 1.807) is 10.9 Å². The molecule has 3 aromatic rings. The lowest BCUT2D eigenvalue weighted by atomic mass is 10.0. The predicted molar refractivity (Wildman–Crippen MR) is 100 cm³/mol. The molecule has 1 aliphatic rings. The van der Waals surface area contributed by atoms with Gasteiger partial charge in [-0.3, -0.25) is 19.6 Å². The molecule has 1 amide bonds. The molecule has 9 nitrogen and oxygen atoms in total. The summed E-state index contributed by atoms with van der Waals surface area (Å²) in [6, 6.07) is 11.6. The molecule has 0 aliphatic carbocycles. The molecule has 2 aromatic carbocycles. The Morgan fingerprint density at radius 1 is 1.36 bits per heavy atom. The van der Waals surface area contributed by atoms with Crippen LogP contribution in [0.1, 0.15) is 5.56 Å². The highest BCUT2D eigenvalue weighted by Crippen LogP contribution is 2.37. The summed E-state index contributed by atoms with van der Waals surface area (Å²) in [7, 11) is 1.43. The van der Waals surface area contributed by atoms with Crippen molar-refractivity contribution >= 4 is 17.3 Å². The average Bonchev–Trinajstić information content (AvgIpc) is 3.11. The van der Waals surface area contributed by atoms with Gasteiger partial charge in [0, 0.05) is 23.3 Å². The summed E-state index contributed by atoms with van der Waals surface area (Å²) >= 11 is 0. The normalized spacial score (nSPS) is 11.8. The van der Waals surface area contributed by atoms with Gasteiger partial charge in [-0.25, -0.2) is 0 Å². The minimum absolute atomic E-state index is 0.0600. The van der Waals surface area contributed by atoms with Crippen LogP contribution in [-0.2, 0) is 17.9 Å². The summed E-state index contributed by atoms with van der Waals surface area (Å²) in [6.07, 6.45) is 1.67. The number of nitrogens with zero attached hydrogens (tertiary/aromatic N) is 3. The lowest BCUT2D eigenvalue weighted by molar-refractivity contribution is -0.384. The Bertz CT molecular complexity index is 1080. The highest BCUT2D eigenvalue weighted by Gasteiger charge is 2.23. The van der Waals surface area contributed by atoms with Gasteiger partial charge in [-0.15, -0.1) is 0 Å². The van der Waals surface area contributed by atoms with E-state index in [0.717, 1.165) is 22.6 Å². The predicted octanol–water partition coefficient (Wildman–Crippen LogP) is 3.00. The molecular weight excluding hydrogens is 364 g/mol. The maximum atomic E-state index is 12.6. The largest absolute Gasteiger partial charge is 0.495 e. The molecule has 0 unspecified atom stereocenters. The Morgan fingerprint density at radius 2 is 2.18 bits per heavy atom. The number of anilines is 1. The van der Waals surface area contributed by atoms with Crippen LogP contribution in [0.15, 0.2) is 48.7 Å². The van der Waals surface area contributed by atoms with E-state index in [4.69, 9.17) is 9.47 Å². The van der Waals surface area contributed by atoms with E-state index in [1.165, 1.54) is 25.3 Å². The first kappa shape index (κ1) is 17.5. The molecule has 1 N–H and O–H groups in total. The number of nitro groups is 1. The number of hydrogen-bond acceptors (Lipinski definition) is 6. The van der Waals surface area contributed by atoms with Gasteiger partial charge >= 0.3 is 0 Å². The van der Waals surface area contributed by atoms with Crippen LogP contribution in [0, 0.1) is 10.1 Å². The van der Waals surface area contributed by atoms with Crippen molar-refractivity contribution in [3.05, 3.63) is 64.3 Å². The molecular formula is C19H16N4O5. The molecule has 1 aliphatic heterocycles. The van der Waals surface area contributed by atoms with Gasteiger partial charge in [-0.1, -0.05) is 12.1 Å². The van der Waals surface area contributed by atoms with E-state index in [1.807, 2.05) is 24.3 Å². The molecule has 28 heavy (non-hydrogen) atoms. The van der Waals surface area contributed by atoms with Crippen molar-refractivity contribution in [3.63, 3.8) is 0 Å². The van der Waals surface area contributed by atoms with E-state index in [0.29, 0.717) is 12.4 Å². The molecule has 2 heterocycles. The molecule has 0 saturated carbocycles. The van der Waals surface area contributed by atoms with E-state index in [-0.39, 0.29) is 23.8 Å². The zero-order chi connectivity index (χ0) is 19.7. The van der Waals surface area contributed by atoms with Crippen molar-refractivity contribution in [2.75, 3.05) is 12.4 Å². The number of benzene rings is 2. The van der Waals surface area contributed by atoms with Crippen LogP contribution in [0.3, 0.4) is 0 Å². The van der Waals surface area contributed by atoms with Gasteiger partial charge < -0.3 is 14.8 Å². The first-order valence-electron chi connectivity index (χ1n) is 8.46. The third-order valence-electron chi connectivity index (χ3n) is 4.40. The molecule has 1 aromatic heterocycles. The van der Waals surface area contributed by atoms with Crippen LogP contribution in [0.25, 0.3) is 11.3 Å². The number of non-ortho nitro benzene ring substituents is 1. The first-order valence-corrected chi connectivity index (χ1v) is 8.46. The second-order valence-corrected chi connectivity index (χ2v) is 6.15. The number of rotatable bonds is 5. The van der Waals surface area contributed by atoms with Crippen molar-refractivity contribution in [3.8, 4) is 22.8 Å². The van der Waals surface area contributed by atoms with E-state index in [2.05, 4.69) is 10.4 Å². The maximum absolute atomic E-state index is 12.6. The van der Waals surface area contributed by atoms with E-state index in [9.17, 15) is 14.9 Å². The monoisotopic (exact) mass is 380 g/mol. The standard InChI is InChI=1S/C19H16N4O5/c1-27-17-7-6-13(23(25)26)8-15(17)21-18(24)10-22-19-12(9-20-22)11-28-16-5-3-2-4-14(16)19/h2-9H,10-11H2,1H3,(H,21,24). The molecule has 0 atom stereocenters. The van der Waals surface area contributed by atoms with Crippen LogP contribution >= 0.6 is 0 Å². The van der Waals surface area contributed by atoms with Gasteiger partial charge in [0.05, 0.1) is 29.6 Å². The van der Waals surface area contributed by atoms with Gasteiger partial charge in [0.1, 0.15) is 24.7 Å². The molecule has 9 heteroatoms. The Labute approximate surface area is 159 Å². The van der Waals surface area contributed by atoms with Gasteiger partial charge in [0.2, 0.25) is 5.91 Å². The lowest BCUT2D eigenvalue weighted by Crippen LogP contribution is -2.21. The molecule has 0 fully saturated rings. The molecule has 4 rings (SSSR count). The minimum atomic E-state index is -0.532. The number of carbonyl (C=O) groups excluding carboxylic acids is 1. The van der Waals surface area contributed by atoms with Crippen LogP contribution in [-0.4, -0.2) is 27.7 Å². The Kier molecular flexibility index (Phi) is 4.40. The number of amides is 1. The Balaban J connectivity index is 1.59. The number of ether oxygens (including phenoxy) is 2. The van der Waals surface area contributed by atoms with Crippen LogP contribution in [0.4, 0.5) is 11.4 Å². The quantitative estimate of drug-likeness (QED) is 0.538. The van der Waals surface area contributed by atoms with Crippen LogP contribution in [0.5, 0.6) is 11.5 Å². The summed E-state index contributed by atoms with van der Waals surface area (Å²) in [4.78, 5) is 23.1. The number of nitrogens with one attached hydrogen (secondary N) is 1. The number of carbonyl (C=O) groups is 1. The lowest BCUT2D eigenvalue weighted by Gasteiger charge is -2.19. The van der Waals surface area contributed by atoms with Gasteiger partial charge in [0.25, 0.3) is 5.69 Å². The van der Waals surface area contributed by atoms with Crippen molar-refractivity contribution in [2.45, 2.75) is 13.2 Å². The number of para-hydroxylation sites is 1. The Hall–Kier alpha value is -3.88. The zero-order valence-electron chi connectivity index (χ0n) is 14.9. The average molecular weight is 380 g/mol. The molecule has 0 bridgehead atoms. The second-order valence-electron chi connectivity index (χ2n) is 6.15. The highest BCUT2D eigenvalue weighted by atomic mass is 16.6. The van der Waals surface area contributed by atoms with Crippen molar-refractivity contribution in [2.24, 2.45) is 0 Å². The van der Waals surface area contributed by atoms with Gasteiger partial charge in [-0.2, -0.15) is 5.10 Å².